The number of carbonyl (C=O) groups excluding carboxylic acids is 1. The van der Waals surface area contributed by atoms with Gasteiger partial charge in [-0.05, 0) is 56.9 Å². The van der Waals surface area contributed by atoms with Crippen molar-refractivity contribution in [2.75, 3.05) is 0 Å². The maximum absolute atomic E-state index is 12.0. The van der Waals surface area contributed by atoms with Crippen molar-refractivity contribution in [2.45, 2.75) is 110 Å². The van der Waals surface area contributed by atoms with Crippen molar-refractivity contribution < 1.29 is 19.4 Å². The Labute approximate surface area is 183 Å². The SMILES string of the molecule is CCCCCCCC(=O)OC(C)CCC(CCCCc1ccccc1)CCC(=O)O. The zero-order valence-corrected chi connectivity index (χ0v) is 19.1. The predicted octanol–water partition coefficient (Wildman–Crippen LogP) is 6.95. The Morgan fingerprint density at radius 3 is 2.30 bits per heavy atom. The van der Waals surface area contributed by atoms with Gasteiger partial charge < -0.3 is 9.84 Å². The first-order valence-electron chi connectivity index (χ1n) is 12.0. The molecule has 2 unspecified atom stereocenters. The molecule has 0 heterocycles. The lowest BCUT2D eigenvalue weighted by Crippen LogP contribution is -2.16. The Morgan fingerprint density at radius 1 is 0.867 bits per heavy atom. The van der Waals surface area contributed by atoms with Crippen molar-refractivity contribution in [3.05, 3.63) is 35.9 Å². The van der Waals surface area contributed by atoms with Gasteiger partial charge >= 0.3 is 11.9 Å². The number of unbranched alkanes of at least 4 members (excludes halogenated alkanes) is 5. The van der Waals surface area contributed by atoms with E-state index in [1.807, 2.05) is 13.0 Å². The number of aryl methyl sites for hydroxylation is 1. The third-order valence-corrected chi connectivity index (χ3v) is 5.74. The highest BCUT2D eigenvalue weighted by Crippen LogP contribution is 2.23. The van der Waals surface area contributed by atoms with Crippen LogP contribution in [0.2, 0.25) is 0 Å². The number of carbonyl (C=O) groups is 2. The molecule has 2 atom stereocenters. The number of hydrogen-bond donors (Lipinski definition) is 1. The average molecular weight is 419 g/mol. The van der Waals surface area contributed by atoms with E-state index in [0.29, 0.717) is 18.8 Å². The molecule has 1 rings (SSSR count). The quantitative estimate of drug-likeness (QED) is 0.207. The first-order valence-corrected chi connectivity index (χ1v) is 12.0. The van der Waals surface area contributed by atoms with E-state index in [1.165, 1.54) is 24.8 Å². The molecule has 170 valence electrons. The minimum absolute atomic E-state index is 0.0928. The Bertz CT molecular complexity index is 570. The van der Waals surface area contributed by atoms with Crippen LogP contribution in [0.1, 0.15) is 103 Å². The molecule has 0 spiro atoms. The van der Waals surface area contributed by atoms with E-state index in [2.05, 4.69) is 31.2 Å². The van der Waals surface area contributed by atoms with E-state index in [1.54, 1.807) is 0 Å². The summed E-state index contributed by atoms with van der Waals surface area (Å²) in [7, 11) is 0. The molecule has 0 saturated heterocycles. The lowest BCUT2D eigenvalue weighted by Gasteiger charge is -2.19. The molecular formula is C26H42O4. The number of carboxylic acids is 1. The van der Waals surface area contributed by atoms with Gasteiger partial charge in [-0.2, -0.15) is 0 Å². The molecule has 30 heavy (non-hydrogen) atoms. The van der Waals surface area contributed by atoms with E-state index >= 15 is 0 Å². The molecule has 4 nitrogen and oxygen atoms in total. The number of esters is 1. The molecule has 0 fully saturated rings. The van der Waals surface area contributed by atoms with Gasteiger partial charge in [0.15, 0.2) is 0 Å². The van der Waals surface area contributed by atoms with Gasteiger partial charge in [0.05, 0.1) is 6.10 Å². The summed E-state index contributed by atoms with van der Waals surface area (Å²) in [5, 5.41) is 9.05. The van der Waals surface area contributed by atoms with Crippen LogP contribution in [0.3, 0.4) is 0 Å². The molecule has 0 aliphatic rings. The molecule has 4 heteroatoms. The van der Waals surface area contributed by atoms with Gasteiger partial charge in [-0.15, -0.1) is 0 Å². The Hall–Kier alpha value is -1.84. The summed E-state index contributed by atoms with van der Waals surface area (Å²) in [6.07, 6.45) is 13.0. The second-order valence-corrected chi connectivity index (χ2v) is 8.57. The van der Waals surface area contributed by atoms with Crippen LogP contribution in [-0.4, -0.2) is 23.1 Å². The van der Waals surface area contributed by atoms with Gasteiger partial charge in [-0.1, -0.05) is 75.8 Å². The smallest absolute Gasteiger partial charge is 0.306 e. The highest BCUT2D eigenvalue weighted by molar-refractivity contribution is 5.69. The summed E-state index contributed by atoms with van der Waals surface area (Å²) in [6.45, 7) is 4.14. The Morgan fingerprint density at radius 2 is 1.60 bits per heavy atom. The molecule has 0 aromatic heterocycles. The van der Waals surface area contributed by atoms with Gasteiger partial charge in [0.1, 0.15) is 0 Å². The number of aliphatic carboxylic acids is 1. The van der Waals surface area contributed by atoms with Crippen molar-refractivity contribution in [1.82, 2.24) is 0 Å². The predicted molar refractivity (Wildman–Crippen MR) is 123 cm³/mol. The van der Waals surface area contributed by atoms with Gasteiger partial charge in [-0.3, -0.25) is 9.59 Å². The monoisotopic (exact) mass is 418 g/mol. The first-order chi connectivity index (χ1) is 14.5. The summed E-state index contributed by atoms with van der Waals surface area (Å²) in [5.74, 6) is -0.442. The zero-order chi connectivity index (χ0) is 22.0. The van der Waals surface area contributed by atoms with E-state index in [-0.39, 0.29) is 18.5 Å². The molecule has 1 N–H and O–H groups in total. The fraction of sp³-hybridized carbons (Fsp3) is 0.692. The molecule has 1 aromatic rings. The molecule has 1 aromatic carbocycles. The van der Waals surface area contributed by atoms with Gasteiger partial charge in [0.2, 0.25) is 0 Å². The van der Waals surface area contributed by atoms with E-state index in [4.69, 9.17) is 9.84 Å². The normalized spacial score (nSPS) is 13.0. The average Bonchev–Trinajstić information content (AvgIpc) is 2.73. The van der Waals surface area contributed by atoms with Crippen LogP contribution in [0.4, 0.5) is 0 Å². The van der Waals surface area contributed by atoms with Crippen molar-refractivity contribution >= 4 is 11.9 Å². The van der Waals surface area contributed by atoms with Crippen LogP contribution in [0.25, 0.3) is 0 Å². The van der Waals surface area contributed by atoms with Crippen molar-refractivity contribution in [2.24, 2.45) is 5.92 Å². The minimum Gasteiger partial charge on any atom is -0.481 e. The summed E-state index contributed by atoms with van der Waals surface area (Å²) < 4.78 is 5.56. The third-order valence-electron chi connectivity index (χ3n) is 5.74. The highest BCUT2D eigenvalue weighted by Gasteiger charge is 2.15. The lowest BCUT2D eigenvalue weighted by atomic mass is 9.90. The van der Waals surface area contributed by atoms with Crippen molar-refractivity contribution in [1.29, 1.82) is 0 Å². The van der Waals surface area contributed by atoms with Crippen molar-refractivity contribution in [3.8, 4) is 0 Å². The number of ether oxygens (including phenoxy) is 1. The van der Waals surface area contributed by atoms with Crippen LogP contribution >= 0.6 is 0 Å². The van der Waals surface area contributed by atoms with Gasteiger partial charge in [0, 0.05) is 12.8 Å². The number of carboxylic acid groups (broad SMARTS) is 1. The summed E-state index contributed by atoms with van der Waals surface area (Å²) in [4.78, 5) is 23.0. The third kappa shape index (κ3) is 14.2. The van der Waals surface area contributed by atoms with Crippen LogP contribution in [0.5, 0.6) is 0 Å². The number of rotatable bonds is 18. The maximum Gasteiger partial charge on any atom is 0.306 e. The van der Waals surface area contributed by atoms with Crippen LogP contribution in [0.15, 0.2) is 30.3 Å². The molecule has 0 radical (unpaired) electrons. The topological polar surface area (TPSA) is 63.6 Å². The van der Waals surface area contributed by atoms with Gasteiger partial charge in [-0.25, -0.2) is 0 Å². The fourth-order valence-corrected chi connectivity index (χ4v) is 3.85. The molecule has 0 aliphatic carbocycles. The van der Waals surface area contributed by atoms with Crippen molar-refractivity contribution in [3.63, 3.8) is 0 Å². The minimum atomic E-state index is -0.730. The Kier molecular flexibility index (Phi) is 14.8. The van der Waals surface area contributed by atoms with E-state index in [9.17, 15) is 9.59 Å². The van der Waals surface area contributed by atoms with Gasteiger partial charge in [0.25, 0.3) is 0 Å². The second kappa shape index (κ2) is 16.9. The largest absolute Gasteiger partial charge is 0.481 e. The molecule has 0 bridgehead atoms. The number of benzene rings is 1. The number of hydrogen-bond acceptors (Lipinski definition) is 3. The maximum atomic E-state index is 12.0. The first kappa shape index (κ1) is 26.2. The molecule has 0 aliphatic heterocycles. The molecular weight excluding hydrogens is 376 g/mol. The summed E-state index contributed by atoms with van der Waals surface area (Å²) in [5.41, 5.74) is 1.36. The van der Waals surface area contributed by atoms with Crippen LogP contribution in [0, 0.1) is 5.92 Å². The fourth-order valence-electron chi connectivity index (χ4n) is 3.85. The highest BCUT2D eigenvalue weighted by atomic mass is 16.5. The summed E-state index contributed by atoms with van der Waals surface area (Å²) >= 11 is 0. The molecule has 0 saturated carbocycles. The van der Waals surface area contributed by atoms with Crippen LogP contribution in [-0.2, 0) is 20.7 Å². The lowest BCUT2D eigenvalue weighted by molar-refractivity contribution is -0.148. The van der Waals surface area contributed by atoms with Crippen LogP contribution < -0.4 is 0 Å². The second-order valence-electron chi connectivity index (χ2n) is 8.57. The summed E-state index contributed by atoms with van der Waals surface area (Å²) in [6, 6.07) is 10.5. The standard InChI is InChI=1S/C26H42O4/c1-3-4-5-6-10-17-26(29)30-22(2)18-19-24(20-21-25(27)28)16-12-11-15-23-13-8-7-9-14-23/h7-9,13-14,22,24H,3-6,10-12,15-21H2,1-2H3,(H,27,28). The zero-order valence-electron chi connectivity index (χ0n) is 19.1. The Balaban J connectivity index is 2.27. The van der Waals surface area contributed by atoms with E-state index in [0.717, 1.165) is 51.4 Å². The molecule has 0 amide bonds. The van der Waals surface area contributed by atoms with E-state index < -0.39 is 5.97 Å².